The van der Waals surface area contributed by atoms with Gasteiger partial charge in [0, 0.05) is 17.3 Å². The second-order valence-electron chi connectivity index (χ2n) is 10.00. The predicted octanol–water partition coefficient (Wildman–Crippen LogP) is 5.82. The van der Waals surface area contributed by atoms with Gasteiger partial charge in [0.15, 0.2) is 5.75 Å². The lowest BCUT2D eigenvalue weighted by molar-refractivity contribution is 0.0466. The number of likely N-dealkylation sites (N-methyl/N-ethyl adjacent to an activating group) is 1. The number of benzene rings is 2. The second kappa shape index (κ2) is 13.9. The van der Waals surface area contributed by atoms with E-state index >= 15 is 0 Å². The fourth-order valence-corrected chi connectivity index (χ4v) is 5.19. The molecule has 0 saturated carbocycles. The third-order valence-electron chi connectivity index (χ3n) is 7.93. The number of nitrogens with zero attached hydrogens (tertiary/aromatic N) is 5. The lowest BCUT2D eigenvalue weighted by atomic mass is 10.1. The van der Waals surface area contributed by atoms with Crippen LogP contribution in [0.3, 0.4) is 0 Å². The van der Waals surface area contributed by atoms with Crippen LogP contribution in [-0.2, 0) is 11.4 Å². The van der Waals surface area contributed by atoms with E-state index in [4.69, 9.17) is 14.5 Å². The normalized spacial score (nSPS) is 12.0. The molecule has 216 valence electrons. The highest BCUT2D eigenvalue weighted by Gasteiger charge is 2.22. The summed E-state index contributed by atoms with van der Waals surface area (Å²) in [6, 6.07) is 14.0. The van der Waals surface area contributed by atoms with Gasteiger partial charge in [-0.1, -0.05) is 53.7 Å². The molecule has 0 spiro atoms. The van der Waals surface area contributed by atoms with Gasteiger partial charge >= 0.3 is 5.97 Å². The molecule has 0 aliphatic carbocycles. The maximum Gasteiger partial charge on any atom is 0.338 e. The Hall–Kier alpha value is -3.20. The van der Waals surface area contributed by atoms with E-state index in [2.05, 4.69) is 66.9 Å². The highest BCUT2D eigenvalue weighted by molar-refractivity contribution is 6.14. The first-order valence-corrected chi connectivity index (χ1v) is 14.8. The first-order valence-electron chi connectivity index (χ1n) is 14.8. The zero-order valence-electron chi connectivity index (χ0n) is 25.1. The molecule has 0 radical (unpaired) electrons. The minimum atomic E-state index is -0.308. The standard InChI is InChI=1S/C32H45N5O3/c1-7-34(8-2)19-20-39-32(38)24-17-18-28-26(21-24)29-30(37(28)22-35(9-3)10-4)31(40-23-36(11-5)12-6)25-15-13-14-16-27(25)33-29/h13-18,21H,7-12,19-20,22-23H2,1-6H3. The third-order valence-corrected chi connectivity index (χ3v) is 7.93. The van der Waals surface area contributed by atoms with Crippen LogP contribution in [0.15, 0.2) is 42.5 Å². The molecular weight excluding hydrogens is 502 g/mol. The van der Waals surface area contributed by atoms with Gasteiger partial charge in [0.05, 0.1) is 23.3 Å². The minimum absolute atomic E-state index is 0.308. The van der Waals surface area contributed by atoms with Crippen LogP contribution in [0.5, 0.6) is 5.75 Å². The third kappa shape index (κ3) is 6.24. The number of carbonyl (C=O) groups is 1. The van der Waals surface area contributed by atoms with Gasteiger partial charge in [-0.3, -0.25) is 9.80 Å². The van der Waals surface area contributed by atoms with E-state index in [9.17, 15) is 4.79 Å². The topological polar surface area (TPSA) is 63.1 Å². The first kappa shape index (κ1) is 29.8. The molecule has 8 nitrogen and oxygen atoms in total. The van der Waals surface area contributed by atoms with Crippen molar-refractivity contribution in [1.82, 2.24) is 24.3 Å². The lowest BCUT2D eigenvalue weighted by Gasteiger charge is -2.23. The number of aromatic nitrogens is 2. The molecule has 4 aromatic rings. The molecule has 0 aliphatic heterocycles. The summed E-state index contributed by atoms with van der Waals surface area (Å²) in [5, 5.41) is 1.92. The van der Waals surface area contributed by atoms with Gasteiger partial charge < -0.3 is 18.9 Å². The van der Waals surface area contributed by atoms with Crippen molar-refractivity contribution in [3.63, 3.8) is 0 Å². The van der Waals surface area contributed by atoms with Crippen molar-refractivity contribution in [2.24, 2.45) is 0 Å². The van der Waals surface area contributed by atoms with Crippen molar-refractivity contribution in [3.8, 4) is 5.75 Å². The van der Waals surface area contributed by atoms with Gasteiger partial charge in [-0.25, -0.2) is 9.78 Å². The van der Waals surface area contributed by atoms with Gasteiger partial charge in [0.2, 0.25) is 0 Å². The molecular formula is C32H45N5O3. The Morgan fingerprint density at radius 3 is 2.17 bits per heavy atom. The number of ether oxygens (including phenoxy) is 2. The number of rotatable bonds is 15. The highest BCUT2D eigenvalue weighted by Crippen LogP contribution is 2.39. The van der Waals surface area contributed by atoms with Crippen LogP contribution in [-0.4, -0.2) is 89.4 Å². The van der Waals surface area contributed by atoms with Crippen molar-refractivity contribution < 1.29 is 14.3 Å². The Labute approximate surface area is 238 Å². The van der Waals surface area contributed by atoms with Crippen molar-refractivity contribution in [3.05, 3.63) is 48.0 Å². The van der Waals surface area contributed by atoms with E-state index < -0.39 is 0 Å². The molecule has 40 heavy (non-hydrogen) atoms. The molecule has 8 heteroatoms. The van der Waals surface area contributed by atoms with Crippen molar-refractivity contribution >= 4 is 38.8 Å². The van der Waals surface area contributed by atoms with Crippen molar-refractivity contribution in [1.29, 1.82) is 0 Å². The molecule has 4 rings (SSSR count). The number of fused-ring (bicyclic) bond motifs is 4. The Balaban J connectivity index is 1.86. The van der Waals surface area contributed by atoms with Gasteiger partial charge in [0.1, 0.15) is 24.4 Å². The summed E-state index contributed by atoms with van der Waals surface area (Å²) in [5.41, 5.74) is 4.23. The summed E-state index contributed by atoms with van der Waals surface area (Å²) in [4.78, 5) is 25.1. The van der Waals surface area contributed by atoms with E-state index in [0.29, 0.717) is 25.6 Å². The van der Waals surface area contributed by atoms with Crippen LogP contribution in [0.25, 0.3) is 32.8 Å². The Bertz CT molecular complexity index is 1420. The van der Waals surface area contributed by atoms with Gasteiger partial charge in [-0.2, -0.15) is 0 Å². The quantitative estimate of drug-likeness (QED) is 0.137. The van der Waals surface area contributed by atoms with E-state index in [-0.39, 0.29) is 5.97 Å². The minimum Gasteiger partial charge on any atom is -0.475 e. The van der Waals surface area contributed by atoms with Crippen molar-refractivity contribution in [2.45, 2.75) is 48.2 Å². The summed E-state index contributed by atoms with van der Waals surface area (Å²) in [6.45, 7) is 20.7. The molecule has 0 saturated heterocycles. The molecule has 0 N–H and O–H groups in total. The fourth-order valence-electron chi connectivity index (χ4n) is 5.19. The van der Waals surface area contributed by atoms with Crippen LogP contribution in [0.1, 0.15) is 51.9 Å². The van der Waals surface area contributed by atoms with Gasteiger partial charge in [-0.05, 0) is 69.6 Å². The fraction of sp³-hybridized carbons (Fsp3) is 0.500. The Morgan fingerprint density at radius 1 is 0.825 bits per heavy atom. The number of carbonyl (C=O) groups excluding carboxylic acids is 1. The van der Waals surface area contributed by atoms with Gasteiger partial charge in [0.25, 0.3) is 0 Å². The lowest BCUT2D eigenvalue weighted by Crippen LogP contribution is -2.28. The summed E-state index contributed by atoms with van der Waals surface area (Å²) < 4.78 is 14.6. The number of hydrogen-bond acceptors (Lipinski definition) is 7. The van der Waals surface area contributed by atoms with Gasteiger partial charge in [-0.15, -0.1) is 0 Å². The van der Waals surface area contributed by atoms with Crippen LogP contribution < -0.4 is 4.74 Å². The van der Waals surface area contributed by atoms with Crippen LogP contribution in [0.2, 0.25) is 0 Å². The molecule has 2 heterocycles. The Kier molecular flexibility index (Phi) is 10.4. The summed E-state index contributed by atoms with van der Waals surface area (Å²) >= 11 is 0. The molecule has 0 unspecified atom stereocenters. The van der Waals surface area contributed by atoms with Crippen LogP contribution in [0.4, 0.5) is 0 Å². The number of para-hydroxylation sites is 1. The molecule has 0 bridgehead atoms. The highest BCUT2D eigenvalue weighted by atomic mass is 16.5. The summed E-state index contributed by atoms with van der Waals surface area (Å²) in [6.07, 6.45) is 0. The molecule has 0 aliphatic rings. The average Bonchev–Trinajstić information content (AvgIpc) is 3.29. The largest absolute Gasteiger partial charge is 0.475 e. The number of esters is 1. The van der Waals surface area contributed by atoms with Crippen molar-refractivity contribution in [2.75, 3.05) is 59.2 Å². The predicted molar refractivity (Wildman–Crippen MR) is 164 cm³/mol. The molecule has 2 aromatic heterocycles. The SMILES string of the molecule is CCN(CC)CCOC(=O)c1ccc2c(c1)c1nc3ccccc3c(OCN(CC)CC)c1n2CN(CC)CC. The zero-order chi connectivity index (χ0) is 28.6. The smallest absolute Gasteiger partial charge is 0.338 e. The van der Waals surface area contributed by atoms with E-state index in [1.807, 2.05) is 36.4 Å². The zero-order valence-corrected chi connectivity index (χ0v) is 25.1. The van der Waals surface area contributed by atoms with E-state index in [1.54, 1.807) is 0 Å². The van der Waals surface area contributed by atoms with Crippen LogP contribution in [0, 0.1) is 0 Å². The maximum absolute atomic E-state index is 13.1. The number of pyridine rings is 1. The first-order chi connectivity index (χ1) is 19.5. The maximum atomic E-state index is 13.1. The molecule has 0 atom stereocenters. The van der Waals surface area contributed by atoms with E-state index in [0.717, 1.165) is 84.4 Å². The number of hydrogen-bond donors (Lipinski definition) is 0. The monoisotopic (exact) mass is 547 g/mol. The summed E-state index contributed by atoms with van der Waals surface area (Å²) in [5.74, 6) is 0.525. The molecule has 0 fully saturated rings. The Morgan fingerprint density at radius 2 is 1.50 bits per heavy atom. The molecule has 0 amide bonds. The van der Waals surface area contributed by atoms with E-state index in [1.165, 1.54) is 0 Å². The molecule has 2 aromatic carbocycles. The summed E-state index contributed by atoms with van der Waals surface area (Å²) in [7, 11) is 0. The second-order valence-corrected chi connectivity index (χ2v) is 10.00. The van der Waals surface area contributed by atoms with Crippen LogP contribution >= 0.6 is 0 Å². The average molecular weight is 548 g/mol.